The number of rotatable bonds is 7. The SMILES string of the molecule is Cc1nsc(-c2nnc3n2CCN(C(=O)c2ccc(Cl)cc2)C3CCOCCF)n1. The standard InChI is InChI=1S/C19H20ClFN6O2S/c1-12-22-18(30-25-12)17-24-23-16-15(6-10-29-11-7-21)26(8-9-27(16)17)19(28)13-2-4-14(20)5-3-13/h2-5,15H,6-11H2,1H3. The van der Waals surface area contributed by atoms with Gasteiger partial charge < -0.3 is 14.2 Å². The minimum absolute atomic E-state index is 0.0276. The minimum atomic E-state index is -0.547. The summed E-state index contributed by atoms with van der Waals surface area (Å²) in [4.78, 5) is 19.4. The third-order valence-corrected chi connectivity index (χ3v) is 5.90. The van der Waals surface area contributed by atoms with E-state index in [1.54, 1.807) is 29.2 Å². The van der Waals surface area contributed by atoms with Gasteiger partial charge in [0.15, 0.2) is 16.7 Å². The van der Waals surface area contributed by atoms with Crippen LogP contribution in [0.15, 0.2) is 24.3 Å². The molecule has 8 nitrogen and oxygen atoms in total. The smallest absolute Gasteiger partial charge is 0.254 e. The first kappa shape index (κ1) is 20.8. The highest BCUT2D eigenvalue weighted by atomic mass is 35.5. The molecule has 0 radical (unpaired) electrons. The second-order valence-electron chi connectivity index (χ2n) is 6.79. The molecule has 0 N–H and O–H groups in total. The first-order chi connectivity index (χ1) is 14.6. The van der Waals surface area contributed by atoms with Gasteiger partial charge in [-0.25, -0.2) is 9.37 Å². The van der Waals surface area contributed by atoms with Gasteiger partial charge >= 0.3 is 0 Å². The second kappa shape index (κ2) is 9.15. The van der Waals surface area contributed by atoms with Crippen molar-refractivity contribution in [3.63, 3.8) is 0 Å². The van der Waals surface area contributed by atoms with Crippen LogP contribution in [0, 0.1) is 6.92 Å². The average molecular weight is 451 g/mol. The summed E-state index contributed by atoms with van der Waals surface area (Å²) in [7, 11) is 0. The van der Waals surface area contributed by atoms with Gasteiger partial charge in [0.2, 0.25) is 0 Å². The number of carbonyl (C=O) groups excluding carboxylic acids is 1. The summed E-state index contributed by atoms with van der Waals surface area (Å²) >= 11 is 7.22. The molecule has 2 aromatic heterocycles. The Bertz CT molecular complexity index is 1020. The van der Waals surface area contributed by atoms with Gasteiger partial charge in [-0.2, -0.15) is 4.37 Å². The highest BCUT2D eigenvalue weighted by molar-refractivity contribution is 7.09. The Kier molecular flexibility index (Phi) is 6.35. The van der Waals surface area contributed by atoms with Gasteiger partial charge in [0.05, 0.1) is 12.6 Å². The molecule has 0 fully saturated rings. The topological polar surface area (TPSA) is 86.0 Å². The van der Waals surface area contributed by atoms with E-state index in [1.165, 1.54) is 11.5 Å². The fourth-order valence-corrected chi connectivity index (χ4v) is 4.26. The number of alkyl halides is 1. The van der Waals surface area contributed by atoms with Crippen LogP contribution < -0.4 is 0 Å². The molecule has 158 valence electrons. The highest BCUT2D eigenvalue weighted by Crippen LogP contribution is 2.32. The van der Waals surface area contributed by atoms with Gasteiger partial charge in [0.25, 0.3) is 5.91 Å². The number of benzene rings is 1. The predicted molar refractivity (Wildman–Crippen MR) is 110 cm³/mol. The number of amides is 1. The van der Waals surface area contributed by atoms with E-state index in [0.717, 1.165) is 0 Å². The van der Waals surface area contributed by atoms with Crippen LogP contribution in [0.4, 0.5) is 4.39 Å². The maximum Gasteiger partial charge on any atom is 0.254 e. The number of fused-ring (bicyclic) bond motifs is 1. The van der Waals surface area contributed by atoms with E-state index in [0.29, 0.717) is 59.2 Å². The Hall–Kier alpha value is -2.43. The largest absolute Gasteiger partial charge is 0.379 e. The van der Waals surface area contributed by atoms with Crippen molar-refractivity contribution in [2.45, 2.75) is 25.9 Å². The third kappa shape index (κ3) is 4.21. The molecule has 1 unspecified atom stereocenters. The molecule has 0 saturated carbocycles. The van der Waals surface area contributed by atoms with Crippen molar-refractivity contribution < 1.29 is 13.9 Å². The van der Waals surface area contributed by atoms with Crippen LogP contribution in [0.1, 0.15) is 34.5 Å². The van der Waals surface area contributed by atoms with Gasteiger partial charge in [-0.15, -0.1) is 10.2 Å². The number of aromatic nitrogens is 5. The molecule has 11 heteroatoms. The lowest BCUT2D eigenvalue weighted by Crippen LogP contribution is -2.43. The van der Waals surface area contributed by atoms with E-state index in [4.69, 9.17) is 16.3 Å². The summed E-state index contributed by atoms with van der Waals surface area (Å²) in [6, 6.07) is 6.44. The zero-order valence-electron chi connectivity index (χ0n) is 16.3. The molecule has 1 aliphatic heterocycles. The molecule has 1 amide bonds. The molecule has 0 bridgehead atoms. The van der Waals surface area contributed by atoms with Crippen molar-refractivity contribution in [3.05, 3.63) is 46.5 Å². The van der Waals surface area contributed by atoms with Crippen LogP contribution in [-0.2, 0) is 11.3 Å². The highest BCUT2D eigenvalue weighted by Gasteiger charge is 2.35. The van der Waals surface area contributed by atoms with Crippen molar-refractivity contribution >= 4 is 29.0 Å². The summed E-state index contributed by atoms with van der Waals surface area (Å²) in [5.41, 5.74) is 0.544. The monoisotopic (exact) mass is 450 g/mol. The molecule has 3 aromatic rings. The van der Waals surface area contributed by atoms with E-state index >= 15 is 0 Å². The maximum atomic E-state index is 13.2. The summed E-state index contributed by atoms with van der Waals surface area (Å²) in [5.74, 6) is 1.86. The van der Waals surface area contributed by atoms with E-state index in [1.807, 2.05) is 11.5 Å². The summed E-state index contributed by atoms with van der Waals surface area (Å²) in [5, 5.41) is 9.95. The number of hydrogen-bond acceptors (Lipinski definition) is 7. The van der Waals surface area contributed by atoms with E-state index in [9.17, 15) is 9.18 Å². The first-order valence-electron chi connectivity index (χ1n) is 9.52. The summed E-state index contributed by atoms with van der Waals surface area (Å²) < 4.78 is 23.9. The Labute approximate surface area is 181 Å². The number of nitrogens with zero attached hydrogens (tertiary/aromatic N) is 6. The molecule has 1 atom stereocenters. The van der Waals surface area contributed by atoms with Gasteiger partial charge in [-0.3, -0.25) is 4.79 Å². The van der Waals surface area contributed by atoms with Gasteiger partial charge in [0.1, 0.15) is 12.5 Å². The van der Waals surface area contributed by atoms with Gasteiger partial charge in [-0.1, -0.05) is 11.6 Å². The first-order valence-corrected chi connectivity index (χ1v) is 10.7. The molecular formula is C19H20ClFN6O2S. The molecule has 0 spiro atoms. The quantitative estimate of drug-likeness (QED) is 0.513. The summed E-state index contributed by atoms with van der Waals surface area (Å²) in [6.45, 7) is 2.63. The molecule has 4 rings (SSSR count). The lowest BCUT2D eigenvalue weighted by Gasteiger charge is -2.36. The van der Waals surface area contributed by atoms with E-state index in [2.05, 4.69) is 19.6 Å². The minimum Gasteiger partial charge on any atom is -0.379 e. The molecule has 3 heterocycles. The van der Waals surface area contributed by atoms with Crippen LogP contribution in [0.3, 0.4) is 0 Å². The molecule has 1 aliphatic rings. The zero-order chi connectivity index (χ0) is 21.1. The Morgan fingerprint density at radius 3 is 2.77 bits per heavy atom. The van der Waals surface area contributed by atoms with Gasteiger partial charge in [0, 0.05) is 30.3 Å². The number of halogens is 2. The third-order valence-electron chi connectivity index (χ3n) is 4.85. The van der Waals surface area contributed by atoms with Crippen molar-refractivity contribution in [2.75, 3.05) is 26.4 Å². The second-order valence-corrected chi connectivity index (χ2v) is 7.98. The van der Waals surface area contributed by atoms with Gasteiger partial charge in [-0.05, 0) is 49.1 Å². The number of carbonyl (C=O) groups is 1. The van der Waals surface area contributed by atoms with Crippen LogP contribution in [0.25, 0.3) is 10.8 Å². The molecule has 1 aromatic carbocycles. The Morgan fingerprint density at radius 1 is 1.27 bits per heavy atom. The lowest BCUT2D eigenvalue weighted by atomic mass is 10.1. The summed E-state index contributed by atoms with van der Waals surface area (Å²) in [6.07, 6.45) is 0.479. The molecule has 0 saturated heterocycles. The Balaban J connectivity index is 1.64. The van der Waals surface area contributed by atoms with Crippen molar-refractivity contribution in [1.82, 2.24) is 29.0 Å². The average Bonchev–Trinajstić information content (AvgIpc) is 3.37. The van der Waals surface area contributed by atoms with Crippen LogP contribution in [-0.4, -0.2) is 61.4 Å². The van der Waals surface area contributed by atoms with Crippen LogP contribution in [0.2, 0.25) is 5.02 Å². The molecular weight excluding hydrogens is 431 g/mol. The lowest BCUT2D eigenvalue weighted by molar-refractivity contribution is 0.0504. The number of hydrogen-bond donors (Lipinski definition) is 0. The van der Waals surface area contributed by atoms with Crippen LogP contribution >= 0.6 is 23.1 Å². The fraction of sp³-hybridized carbons (Fsp3) is 0.421. The van der Waals surface area contributed by atoms with Crippen molar-refractivity contribution in [3.8, 4) is 10.8 Å². The van der Waals surface area contributed by atoms with Crippen molar-refractivity contribution in [2.24, 2.45) is 0 Å². The number of ether oxygens (including phenoxy) is 1. The normalized spacial score (nSPS) is 16.0. The fourth-order valence-electron chi connectivity index (χ4n) is 3.47. The number of aryl methyl sites for hydroxylation is 1. The predicted octanol–water partition coefficient (Wildman–Crippen LogP) is 3.33. The maximum absolute atomic E-state index is 13.2. The zero-order valence-corrected chi connectivity index (χ0v) is 17.9. The van der Waals surface area contributed by atoms with E-state index < -0.39 is 6.67 Å². The molecule has 30 heavy (non-hydrogen) atoms. The Morgan fingerprint density at radius 2 is 2.07 bits per heavy atom. The molecule has 0 aliphatic carbocycles. The van der Waals surface area contributed by atoms with Crippen molar-refractivity contribution in [1.29, 1.82) is 0 Å². The van der Waals surface area contributed by atoms with E-state index in [-0.39, 0.29) is 18.6 Å². The van der Waals surface area contributed by atoms with Crippen LogP contribution in [0.5, 0.6) is 0 Å².